The third-order valence-corrected chi connectivity index (χ3v) is 6.25. The fraction of sp³-hybridized carbons (Fsp3) is 0.476. The summed E-state index contributed by atoms with van der Waals surface area (Å²) < 4.78 is 5.44. The quantitative estimate of drug-likeness (QED) is 0.782. The highest BCUT2D eigenvalue weighted by Crippen LogP contribution is 2.43. The zero-order valence-corrected chi connectivity index (χ0v) is 16.8. The van der Waals surface area contributed by atoms with Crippen LogP contribution < -0.4 is 15.8 Å². The van der Waals surface area contributed by atoms with E-state index in [-0.39, 0.29) is 11.3 Å². The Hall–Kier alpha value is -2.01. The van der Waals surface area contributed by atoms with E-state index in [0.29, 0.717) is 23.1 Å². The minimum atomic E-state index is -0.113. The van der Waals surface area contributed by atoms with Gasteiger partial charge in [0.1, 0.15) is 5.75 Å². The molecule has 4 nitrogen and oxygen atoms in total. The summed E-state index contributed by atoms with van der Waals surface area (Å²) in [6.45, 7) is 9.44. The average Bonchev–Trinajstić information content (AvgIpc) is 2.91. The molecule has 1 aliphatic carbocycles. The number of ether oxygens (including phenoxy) is 1. The zero-order valence-electron chi connectivity index (χ0n) is 16.0. The Balaban J connectivity index is 1.78. The summed E-state index contributed by atoms with van der Waals surface area (Å²) in [5.41, 5.74) is 9.08. The highest BCUT2D eigenvalue weighted by atomic mass is 32.1. The summed E-state index contributed by atoms with van der Waals surface area (Å²) in [7, 11) is 0. The van der Waals surface area contributed by atoms with Crippen LogP contribution in [-0.4, -0.2) is 12.5 Å². The molecule has 1 aromatic carbocycles. The van der Waals surface area contributed by atoms with E-state index in [1.807, 2.05) is 31.2 Å². The molecular weight excluding hydrogens is 344 g/mol. The van der Waals surface area contributed by atoms with Crippen molar-refractivity contribution in [2.24, 2.45) is 11.3 Å². The van der Waals surface area contributed by atoms with Crippen molar-refractivity contribution < 1.29 is 9.53 Å². The Morgan fingerprint density at radius 2 is 2.00 bits per heavy atom. The topological polar surface area (TPSA) is 64.3 Å². The Labute approximate surface area is 159 Å². The van der Waals surface area contributed by atoms with Gasteiger partial charge in [-0.25, -0.2) is 0 Å². The van der Waals surface area contributed by atoms with Crippen LogP contribution in [0.5, 0.6) is 5.75 Å². The molecular formula is C21H28N2O2S. The number of nitrogen functional groups attached to an aromatic ring is 1. The number of benzene rings is 1. The van der Waals surface area contributed by atoms with E-state index in [1.54, 1.807) is 11.3 Å². The smallest absolute Gasteiger partial charge is 0.258 e. The van der Waals surface area contributed by atoms with Crippen molar-refractivity contribution in [2.45, 2.75) is 47.0 Å². The van der Waals surface area contributed by atoms with Crippen LogP contribution in [0.1, 0.15) is 54.9 Å². The normalized spacial score (nSPS) is 16.8. The first-order valence-electron chi connectivity index (χ1n) is 9.23. The second kappa shape index (κ2) is 7.31. The molecule has 0 radical (unpaired) electrons. The lowest BCUT2D eigenvalue weighted by Gasteiger charge is -2.33. The number of carbonyl (C=O) groups excluding carboxylic acids is 1. The van der Waals surface area contributed by atoms with Crippen LogP contribution >= 0.6 is 11.3 Å². The zero-order chi connectivity index (χ0) is 18.9. The van der Waals surface area contributed by atoms with Gasteiger partial charge in [0.2, 0.25) is 0 Å². The number of anilines is 2. The SMILES string of the molecule is CCOc1ccc(NC(=O)c2c(N)sc3c2CC[C@@H](C(C)(C)C)C3)cc1. The van der Waals surface area contributed by atoms with Gasteiger partial charge in [-0.1, -0.05) is 20.8 Å². The second-order valence-corrected chi connectivity index (χ2v) is 9.10. The number of hydrogen-bond donors (Lipinski definition) is 2. The van der Waals surface area contributed by atoms with Gasteiger partial charge in [0.05, 0.1) is 17.2 Å². The van der Waals surface area contributed by atoms with Crippen molar-refractivity contribution in [1.82, 2.24) is 0 Å². The van der Waals surface area contributed by atoms with E-state index in [0.717, 1.165) is 36.3 Å². The summed E-state index contributed by atoms with van der Waals surface area (Å²) in [6, 6.07) is 7.43. The van der Waals surface area contributed by atoms with Crippen LogP contribution in [0.3, 0.4) is 0 Å². The molecule has 0 saturated carbocycles. The molecule has 5 heteroatoms. The highest BCUT2D eigenvalue weighted by molar-refractivity contribution is 7.16. The molecule has 0 spiro atoms. The molecule has 3 N–H and O–H groups in total. The first kappa shape index (κ1) is 18.8. The maximum absolute atomic E-state index is 12.8. The lowest BCUT2D eigenvalue weighted by Crippen LogP contribution is -2.27. The van der Waals surface area contributed by atoms with Gasteiger partial charge in [0, 0.05) is 10.6 Å². The lowest BCUT2D eigenvalue weighted by atomic mass is 9.72. The maximum Gasteiger partial charge on any atom is 0.258 e. The van der Waals surface area contributed by atoms with E-state index in [2.05, 4.69) is 26.1 Å². The third-order valence-electron chi connectivity index (χ3n) is 5.17. The summed E-state index contributed by atoms with van der Waals surface area (Å²) in [6.07, 6.45) is 3.05. The second-order valence-electron chi connectivity index (χ2n) is 7.96. The van der Waals surface area contributed by atoms with Gasteiger partial charge in [-0.3, -0.25) is 4.79 Å². The minimum Gasteiger partial charge on any atom is -0.494 e. The number of rotatable bonds is 4. The number of fused-ring (bicyclic) bond motifs is 1. The monoisotopic (exact) mass is 372 g/mol. The van der Waals surface area contributed by atoms with Gasteiger partial charge in [0.25, 0.3) is 5.91 Å². The van der Waals surface area contributed by atoms with Crippen LogP contribution in [-0.2, 0) is 12.8 Å². The first-order valence-corrected chi connectivity index (χ1v) is 10.1. The van der Waals surface area contributed by atoms with Crippen LogP contribution in [0.2, 0.25) is 0 Å². The van der Waals surface area contributed by atoms with E-state index < -0.39 is 0 Å². The van der Waals surface area contributed by atoms with Gasteiger partial charge in [0.15, 0.2) is 0 Å². The number of carbonyl (C=O) groups is 1. The van der Waals surface area contributed by atoms with E-state index in [9.17, 15) is 4.79 Å². The van der Waals surface area contributed by atoms with Crippen LogP contribution in [0.25, 0.3) is 0 Å². The molecule has 2 aromatic rings. The van der Waals surface area contributed by atoms with Gasteiger partial charge in [-0.2, -0.15) is 0 Å². The molecule has 1 aliphatic rings. The molecule has 0 fully saturated rings. The summed E-state index contributed by atoms with van der Waals surface area (Å²) in [4.78, 5) is 14.1. The molecule has 0 unspecified atom stereocenters. The summed E-state index contributed by atoms with van der Waals surface area (Å²) in [5, 5.41) is 3.61. The van der Waals surface area contributed by atoms with Crippen molar-refractivity contribution >= 4 is 27.9 Å². The van der Waals surface area contributed by atoms with Crippen LogP contribution in [0.4, 0.5) is 10.7 Å². The van der Waals surface area contributed by atoms with Crippen LogP contribution in [0.15, 0.2) is 24.3 Å². The van der Waals surface area contributed by atoms with E-state index >= 15 is 0 Å². The van der Waals surface area contributed by atoms with E-state index in [1.165, 1.54) is 4.88 Å². The first-order chi connectivity index (χ1) is 12.3. The number of nitrogens with one attached hydrogen (secondary N) is 1. The molecule has 0 aliphatic heterocycles. The summed E-state index contributed by atoms with van der Waals surface area (Å²) >= 11 is 1.58. The van der Waals surface area contributed by atoms with Gasteiger partial charge < -0.3 is 15.8 Å². The van der Waals surface area contributed by atoms with Gasteiger partial charge in [-0.05, 0) is 67.3 Å². The van der Waals surface area contributed by atoms with Crippen molar-refractivity contribution in [1.29, 1.82) is 0 Å². The molecule has 26 heavy (non-hydrogen) atoms. The highest BCUT2D eigenvalue weighted by Gasteiger charge is 2.33. The molecule has 1 atom stereocenters. The Bertz CT molecular complexity index is 788. The fourth-order valence-electron chi connectivity index (χ4n) is 3.59. The van der Waals surface area contributed by atoms with Crippen molar-refractivity contribution in [2.75, 3.05) is 17.7 Å². The Morgan fingerprint density at radius 1 is 1.31 bits per heavy atom. The Morgan fingerprint density at radius 3 is 2.62 bits per heavy atom. The van der Waals surface area contributed by atoms with Gasteiger partial charge >= 0.3 is 0 Å². The van der Waals surface area contributed by atoms with E-state index in [4.69, 9.17) is 10.5 Å². The third kappa shape index (κ3) is 3.88. The van der Waals surface area contributed by atoms with Crippen molar-refractivity contribution in [3.8, 4) is 5.75 Å². The number of nitrogens with two attached hydrogens (primary N) is 1. The van der Waals surface area contributed by atoms with Crippen molar-refractivity contribution in [3.05, 3.63) is 40.3 Å². The largest absolute Gasteiger partial charge is 0.494 e. The van der Waals surface area contributed by atoms with Crippen LogP contribution in [0, 0.1) is 11.3 Å². The minimum absolute atomic E-state index is 0.113. The molecule has 0 saturated heterocycles. The standard InChI is InChI=1S/C21H28N2O2S/c1-5-25-15-9-7-14(8-10-15)23-20(24)18-16-11-6-13(21(2,3)4)12-17(16)26-19(18)22/h7-10,13H,5-6,11-12,22H2,1-4H3,(H,23,24)/t13-/m1/s1. The number of thiophene rings is 1. The maximum atomic E-state index is 12.8. The van der Waals surface area contributed by atoms with Crippen molar-refractivity contribution in [3.63, 3.8) is 0 Å². The molecule has 1 heterocycles. The molecule has 1 aromatic heterocycles. The molecule has 140 valence electrons. The fourth-order valence-corrected chi connectivity index (χ4v) is 4.79. The number of amides is 1. The number of hydrogen-bond acceptors (Lipinski definition) is 4. The Kier molecular flexibility index (Phi) is 5.28. The predicted octanol–water partition coefficient (Wildman–Crippen LogP) is 5.13. The predicted molar refractivity (Wildman–Crippen MR) is 109 cm³/mol. The molecule has 1 amide bonds. The molecule has 3 rings (SSSR count). The lowest BCUT2D eigenvalue weighted by molar-refractivity contribution is 0.102. The summed E-state index contributed by atoms with van der Waals surface area (Å²) in [5.74, 6) is 1.32. The van der Waals surface area contributed by atoms with Gasteiger partial charge in [-0.15, -0.1) is 11.3 Å². The molecule has 0 bridgehead atoms. The average molecular weight is 373 g/mol.